The molecule has 0 saturated carbocycles. The summed E-state index contributed by atoms with van der Waals surface area (Å²) in [5.41, 5.74) is 0.941. The standard InChI is InChI=1S/C22H29F2N3OS/c1-16-5-6-17(13-25-16)20(2,3)27-12-11-22(14-27,21(4,24)26-15-28)10-9-18-7-8-19(23)29-18/h5-8,13,15H,9-12,14H2,1-4H3,(H,26,28). The number of hydrogen-bond acceptors (Lipinski definition) is 4. The van der Waals surface area contributed by atoms with Gasteiger partial charge in [0.05, 0.1) is 0 Å². The molecule has 2 aromatic heterocycles. The van der Waals surface area contributed by atoms with E-state index in [9.17, 15) is 9.18 Å². The summed E-state index contributed by atoms with van der Waals surface area (Å²) in [6.45, 7) is 8.83. The zero-order valence-electron chi connectivity index (χ0n) is 17.5. The molecule has 7 heteroatoms. The third-order valence-electron chi connectivity index (χ3n) is 6.57. The van der Waals surface area contributed by atoms with Gasteiger partial charge in [-0.25, -0.2) is 4.39 Å². The number of hydrogen-bond donors (Lipinski definition) is 1. The molecule has 0 aliphatic carbocycles. The van der Waals surface area contributed by atoms with Crippen LogP contribution in [0.1, 0.15) is 49.7 Å². The number of nitrogens with zero attached hydrogens (tertiary/aromatic N) is 2. The number of likely N-dealkylation sites (tertiary alicyclic amines) is 1. The van der Waals surface area contributed by atoms with Gasteiger partial charge in [-0.15, -0.1) is 11.3 Å². The zero-order valence-corrected chi connectivity index (χ0v) is 18.3. The summed E-state index contributed by atoms with van der Waals surface area (Å²) in [7, 11) is 0. The maximum Gasteiger partial charge on any atom is 0.209 e. The summed E-state index contributed by atoms with van der Waals surface area (Å²) in [6.07, 6.45) is 4.03. The maximum absolute atomic E-state index is 15.7. The van der Waals surface area contributed by atoms with Gasteiger partial charge in [0.25, 0.3) is 0 Å². The number of aryl methyl sites for hydroxylation is 2. The minimum Gasteiger partial charge on any atom is -0.326 e. The van der Waals surface area contributed by atoms with Crippen molar-refractivity contribution < 1.29 is 13.6 Å². The molecule has 29 heavy (non-hydrogen) atoms. The molecule has 1 amide bonds. The number of nitrogens with one attached hydrogen (secondary N) is 1. The fraction of sp³-hybridized carbons (Fsp3) is 0.545. The first-order chi connectivity index (χ1) is 13.6. The maximum atomic E-state index is 15.7. The number of carbonyl (C=O) groups is 1. The Balaban J connectivity index is 1.85. The van der Waals surface area contributed by atoms with E-state index in [-0.39, 0.29) is 10.7 Å². The van der Waals surface area contributed by atoms with Crippen molar-refractivity contribution in [3.8, 4) is 0 Å². The first-order valence-electron chi connectivity index (χ1n) is 9.92. The number of alkyl halides is 1. The van der Waals surface area contributed by atoms with Crippen molar-refractivity contribution in [1.29, 1.82) is 0 Å². The van der Waals surface area contributed by atoms with Crippen molar-refractivity contribution in [2.24, 2.45) is 5.41 Å². The van der Waals surface area contributed by atoms with Gasteiger partial charge in [-0.1, -0.05) is 6.07 Å². The van der Waals surface area contributed by atoms with E-state index in [4.69, 9.17) is 0 Å². The Hall–Kier alpha value is -1.86. The summed E-state index contributed by atoms with van der Waals surface area (Å²) in [6, 6.07) is 7.25. The smallest absolute Gasteiger partial charge is 0.209 e. The average molecular weight is 422 g/mol. The van der Waals surface area contributed by atoms with Gasteiger partial charge in [-0.2, -0.15) is 4.39 Å². The topological polar surface area (TPSA) is 45.2 Å². The molecule has 1 aliphatic rings. The Labute approximate surface area is 175 Å². The van der Waals surface area contributed by atoms with Crippen LogP contribution in [0.25, 0.3) is 0 Å². The van der Waals surface area contributed by atoms with Crippen LogP contribution in [0.2, 0.25) is 0 Å². The normalized spacial score (nSPS) is 22.4. The highest BCUT2D eigenvalue weighted by Crippen LogP contribution is 2.48. The number of aromatic nitrogens is 1. The predicted octanol–water partition coefficient (Wildman–Crippen LogP) is 4.58. The van der Waals surface area contributed by atoms with Crippen LogP contribution in [0.15, 0.2) is 30.5 Å². The summed E-state index contributed by atoms with van der Waals surface area (Å²) < 4.78 is 29.1. The van der Waals surface area contributed by atoms with Crippen LogP contribution in [0.3, 0.4) is 0 Å². The summed E-state index contributed by atoms with van der Waals surface area (Å²) >= 11 is 1.10. The Morgan fingerprint density at radius 2 is 2.07 bits per heavy atom. The molecule has 4 nitrogen and oxygen atoms in total. The van der Waals surface area contributed by atoms with Crippen molar-refractivity contribution in [2.45, 2.75) is 58.3 Å². The molecule has 2 unspecified atom stereocenters. The molecule has 0 aromatic carbocycles. The number of halogens is 2. The second-order valence-electron chi connectivity index (χ2n) is 8.67. The van der Waals surface area contributed by atoms with Crippen LogP contribution in [0.5, 0.6) is 0 Å². The summed E-state index contributed by atoms with van der Waals surface area (Å²) in [4.78, 5) is 18.7. The molecule has 3 heterocycles. The van der Waals surface area contributed by atoms with Crippen molar-refractivity contribution in [3.63, 3.8) is 0 Å². The zero-order chi connectivity index (χ0) is 21.3. The van der Waals surface area contributed by atoms with Gasteiger partial charge >= 0.3 is 0 Å². The molecule has 2 atom stereocenters. The minimum absolute atomic E-state index is 0.232. The second-order valence-corrected chi connectivity index (χ2v) is 9.79. The summed E-state index contributed by atoms with van der Waals surface area (Å²) in [5.74, 6) is -1.86. The Morgan fingerprint density at radius 1 is 1.31 bits per heavy atom. The molecule has 1 fully saturated rings. The third kappa shape index (κ3) is 4.36. The molecule has 3 rings (SSSR count). The van der Waals surface area contributed by atoms with E-state index in [1.165, 1.54) is 13.0 Å². The molecule has 1 N–H and O–H groups in total. The lowest BCUT2D eigenvalue weighted by molar-refractivity contribution is -0.118. The van der Waals surface area contributed by atoms with Crippen LogP contribution in [-0.2, 0) is 16.8 Å². The van der Waals surface area contributed by atoms with E-state index in [0.29, 0.717) is 38.8 Å². The van der Waals surface area contributed by atoms with Crippen LogP contribution < -0.4 is 5.32 Å². The highest BCUT2D eigenvalue weighted by atomic mass is 32.1. The average Bonchev–Trinajstić information content (AvgIpc) is 3.28. The van der Waals surface area contributed by atoms with Gasteiger partial charge in [-0.05, 0) is 77.3 Å². The molecule has 0 bridgehead atoms. The number of amides is 1. The first kappa shape index (κ1) is 21.8. The van der Waals surface area contributed by atoms with Gasteiger partial charge in [0, 0.05) is 34.3 Å². The van der Waals surface area contributed by atoms with Crippen molar-refractivity contribution >= 4 is 17.7 Å². The van der Waals surface area contributed by atoms with Crippen LogP contribution in [0.4, 0.5) is 8.78 Å². The predicted molar refractivity (Wildman–Crippen MR) is 112 cm³/mol. The Bertz CT molecular complexity index is 850. The van der Waals surface area contributed by atoms with Gasteiger partial charge in [0.15, 0.2) is 10.9 Å². The monoisotopic (exact) mass is 421 g/mol. The highest BCUT2D eigenvalue weighted by Gasteiger charge is 2.54. The van der Waals surface area contributed by atoms with E-state index in [1.54, 1.807) is 6.07 Å². The van der Waals surface area contributed by atoms with Crippen LogP contribution in [0, 0.1) is 17.5 Å². The van der Waals surface area contributed by atoms with Gasteiger partial charge in [0.2, 0.25) is 6.41 Å². The molecule has 1 aliphatic heterocycles. The fourth-order valence-electron chi connectivity index (χ4n) is 4.30. The molecule has 158 valence electrons. The lowest BCUT2D eigenvalue weighted by Gasteiger charge is -2.43. The molecule has 1 saturated heterocycles. The number of pyridine rings is 1. The quantitative estimate of drug-likeness (QED) is 0.501. The number of carbonyl (C=O) groups excluding carboxylic acids is 1. The second kappa shape index (κ2) is 8.11. The summed E-state index contributed by atoms with van der Waals surface area (Å²) in [5, 5.41) is 2.18. The largest absolute Gasteiger partial charge is 0.326 e. The van der Waals surface area contributed by atoms with Gasteiger partial charge in [-0.3, -0.25) is 14.7 Å². The first-order valence-corrected chi connectivity index (χ1v) is 10.7. The SMILES string of the molecule is Cc1ccc(C(C)(C)N2CCC(CCc3ccc(F)s3)(C(C)(F)NC=O)C2)cn1. The fourth-order valence-corrected chi connectivity index (χ4v) is 5.02. The van der Waals surface area contributed by atoms with Gasteiger partial charge < -0.3 is 5.32 Å². The van der Waals surface area contributed by atoms with E-state index in [0.717, 1.165) is 27.5 Å². The molecular formula is C22H29F2N3OS. The van der Waals surface area contributed by atoms with Crippen molar-refractivity contribution in [2.75, 3.05) is 13.1 Å². The van der Waals surface area contributed by atoms with Crippen molar-refractivity contribution in [3.05, 3.63) is 51.7 Å². The van der Waals surface area contributed by atoms with Gasteiger partial charge in [0.1, 0.15) is 0 Å². The van der Waals surface area contributed by atoms with Crippen LogP contribution in [-0.4, -0.2) is 35.2 Å². The van der Waals surface area contributed by atoms with Crippen molar-refractivity contribution in [1.82, 2.24) is 15.2 Å². The molecule has 0 spiro atoms. The van der Waals surface area contributed by atoms with E-state index >= 15 is 4.39 Å². The lowest BCUT2D eigenvalue weighted by Crippen LogP contribution is -2.55. The van der Waals surface area contributed by atoms with E-state index in [2.05, 4.69) is 35.1 Å². The number of thiophene rings is 1. The highest BCUT2D eigenvalue weighted by molar-refractivity contribution is 7.10. The van der Waals surface area contributed by atoms with E-state index in [1.807, 2.05) is 19.2 Å². The minimum atomic E-state index is -1.86. The lowest BCUT2D eigenvalue weighted by atomic mass is 9.74. The molecule has 2 aromatic rings. The molecule has 0 radical (unpaired) electrons. The van der Waals surface area contributed by atoms with Crippen LogP contribution >= 0.6 is 11.3 Å². The molecular weight excluding hydrogens is 392 g/mol. The Kier molecular flexibility index (Phi) is 6.11. The number of rotatable bonds is 8. The Morgan fingerprint density at radius 3 is 2.66 bits per heavy atom. The van der Waals surface area contributed by atoms with E-state index < -0.39 is 11.2 Å². The third-order valence-corrected chi connectivity index (χ3v) is 7.50.